The summed E-state index contributed by atoms with van der Waals surface area (Å²) in [6.45, 7) is 2.42. The van der Waals surface area contributed by atoms with E-state index >= 15 is 0 Å². The van der Waals surface area contributed by atoms with Crippen molar-refractivity contribution in [2.24, 2.45) is 5.73 Å². The largest absolute Gasteiger partial charge is 0.365 e. The first-order chi connectivity index (χ1) is 11.0. The second kappa shape index (κ2) is 6.54. The van der Waals surface area contributed by atoms with E-state index in [1.165, 1.54) is 16.2 Å². The molecule has 122 valence electrons. The highest BCUT2D eigenvalue weighted by molar-refractivity contribution is 7.17. The molecule has 0 spiro atoms. The quantitative estimate of drug-likeness (QED) is 0.880. The Hall–Kier alpha value is -2.15. The summed E-state index contributed by atoms with van der Waals surface area (Å²) < 4.78 is 1.74. The average Bonchev–Trinajstić information content (AvgIpc) is 3.08. The second-order valence-electron chi connectivity index (χ2n) is 5.80. The highest BCUT2D eigenvalue weighted by atomic mass is 32.1. The number of hydrogen-bond acceptors (Lipinski definition) is 4. The van der Waals surface area contributed by atoms with Crippen LogP contribution >= 0.6 is 11.3 Å². The lowest BCUT2D eigenvalue weighted by Gasteiger charge is -2.11. The molecule has 0 atom stereocenters. The predicted octanol–water partition coefficient (Wildman–Crippen LogP) is 2.26. The highest BCUT2D eigenvalue weighted by Gasteiger charge is 2.24. The molecule has 7 heteroatoms. The third-order valence-electron chi connectivity index (χ3n) is 4.01. The number of hydrogen-bond donors (Lipinski definition) is 2. The van der Waals surface area contributed by atoms with Gasteiger partial charge in [-0.2, -0.15) is 5.10 Å². The van der Waals surface area contributed by atoms with Gasteiger partial charge in [-0.3, -0.25) is 14.3 Å². The second-order valence-corrected chi connectivity index (χ2v) is 6.90. The number of nitrogens with two attached hydrogens (primary N) is 1. The molecule has 0 saturated carbocycles. The first-order valence-electron chi connectivity index (χ1n) is 7.79. The molecule has 0 unspecified atom stereocenters. The molecule has 2 aromatic heterocycles. The Morgan fingerprint density at radius 3 is 2.87 bits per heavy atom. The number of aromatic nitrogens is 2. The molecule has 0 aliphatic heterocycles. The highest BCUT2D eigenvalue weighted by Crippen LogP contribution is 2.37. The zero-order chi connectivity index (χ0) is 16.4. The van der Waals surface area contributed by atoms with Crippen LogP contribution in [0.4, 0.5) is 5.00 Å². The molecule has 1 aliphatic rings. The minimum absolute atomic E-state index is 0.126. The zero-order valence-corrected chi connectivity index (χ0v) is 13.9. The van der Waals surface area contributed by atoms with Crippen molar-refractivity contribution in [3.8, 4) is 0 Å². The number of amides is 2. The van der Waals surface area contributed by atoms with Crippen molar-refractivity contribution < 1.29 is 9.59 Å². The molecule has 0 fully saturated rings. The zero-order valence-electron chi connectivity index (χ0n) is 13.1. The standard InChI is InChI=1S/C16H20N4O2S/c1-10-6-8-20(19-10)9-7-13(21)18-16-14(15(17)22)11-4-2-3-5-12(11)23-16/h6,8H,2-5,7,9H2,1H3,(H2,17,22)(H,18,21). The minimum atomic E-state index is -0.456. The molecule has 23 heavy (non-hydrogen) atoms. The maximum Gasteiger partial charge on any atom is 0.251 e. The van der Waals surface area contributed by atoms with Crippen LogP contribution < -0.4 is 11.1 Å². The summed E-state index contributed by atoms with van der Waals surface area (Å²) in [6.07, 6.45) is 6.17. The molecule has 6 nitrogen and oxygen atoms in total. The number of carbonyl (C=O) groups excluding carboxylic acids is 2. The Bertz CT molecular complexity index is 747. The number of nitrogens with zero attached hydrogens (tertiary/aromatic N) is 2. The van der Waals surface area contributed by atoms with Gasteiger partial charge in [0.05, 0.1) is 11.3 Å². The van der Waals surface area contributed by atoms with Crippen molar-refractivity contribution in [1.29, 1.82) is 0 Å². The summed E-state index contributed by atoms with van der Waals surface area (Å²) in [7, 11) is 0. The van der Waals surface area contributed by atoms with E-state index in [1.54, 1.807) is 4.68 Å². The van der Waals surface area contributed by atoms with Gasteiger partial charge in [-0.15, -0.1) is 11.3 Å². The summed E-state index contributed by atoms with van der Waals surface area (Å²) in [6, 6.07) is 1.90. The Morgan fingerprint density at radius 1 is 1.39 bits per heavy atom. The number of primary amides is 1. The molecule has 3 rings (SSSR count). The molecule has 0 bridgehead atoms. The van der Waals surface area contributed by atoms with Crippen molar-refractivity contribution >= 4 is 28.2 Å². The van der Waals surface area contributed by atoms with Gasteiger partial charge in [0, 0.05) is 24.0 Å². The van der Waals surface area contributed by atoms with Gasteiger partial charge in [-0.05, 0) is 44.2 Å². The summed E-state index contributed by atoms with van der Waals surface area (Å²) >= 11 is 1.49. The Labute approximate surface area is 138 Å². The maximum absolute atomic E-state index is 12.2. The number of rotatable bonds is 5. The van der Waals surface area contributed by atoms with Gasteiger partial charge in [0.2, 0.25) is 5.91 Å². The Balaban J connectivity index is 1.70. The van der Waals surface area contributed by atoms with Crippen LogP contribution in [0.3, 0.4) is 0 Å². The number of carbonyl (C=O) groups is 2. The molecule has 2 heterocycles. The normalized spacial score (nSPS) is 13.6. The van der Waals surface area contributed by atoms with E-state index in [0.717, 1.165) is 36.9 Å². The molecule has 0 saturated heterocycles. The lowest BCUT2D eigenvalue weighted by molar-refractivity contribution is -0.116. The number of thiophene rings is 1. The van der Waals surface area contributed by atoms with Gasteiger partial charge in [-0.25, -0.2) is 0 Å². The smallest absolute Gasteiger partial charge is 0.251 e. The van der Waals surface area contributed by atoms with Crippen molar-refractivity contribution in [3.63, 3.8) is 0 Å². The molecular weight excluding hydrogens is 312 g/mol. The third kappa shape index (κ3) is 3.44. The first kappa shape index (κ1) is 15.7. The number of nitrogens with one attached hydrogen (secondary N) is 1. The summed E-state index contributed by atoms with van der Waals surface area (Å²) in [5.41, 5.74) is 7.99. The van der Waals surface area contributed by atoms with Crippen LogP contribution in [0.25, 0.3) is 0 Å². The van der Waals surface area contributed by atoms with E-state index in [0.29, 0.717) is 23.5 Å². The first-order valence-corrected chi connectivity index (χ1v) is 8.60. The number of fused-ring (bicyclic) bond motifs is 1. The van der Waals surface area contributed by atoms with Crippen LogP contribution in [0.2, 0.25) is 0 Å². The van der Waals surface area contributed by atoms with Gasteiger partial charge < -0.3 is 11.1 Å². The third-order valence-corrected chi connectivity index (χ3v) is 5.22. The molecule has 2 amide bonds. The molecule has 1 aliphatic carbocycles. The summed E-state index contributed by atoms with van der Waals surface area (Å²) in [5.74, 6) is -0.582. The predicted molar refractivity (Wildman–Crippen MR) is 89.7 cm³/mol. The van der Waals surface area contributed by atoms with Gasteiger partial charge in [0.1, 0.15) is 5.00 Å². The minimum Gasteiger partial charge on any atom is -0.365 e. The van der Waals surface area contributed by atoms with E-state index in [2.05, 4.69) is 10.4 Å². The average molecular weight is 332 g/mol. The van der Waals surface area contributed by atoms with Gasteiger partial charge >= 0.3 is 0 Å². The van der Waals surface area contributed by atoms with Gasteiger partial charge in [-0.1, -0.05) is 0 Å². The van der Waals surface area contributed by atoms with E-state index in [1.807, 2.05) is 19.2 Å². The number of anilines is 1. The Morgan fingerprint density at radius 2 is 2.17 bits per heavy atom. The molecule has 0 aromatic carbocycles. The maximum atomic E-state index is 12.2. The van der Waals surface area contributed by atoms with Crippen molar-refractivity contribution in [2.45, 2.75) is 45.6 Å². The van der Waals surface area contributed by atoms with Gasteiger partial charge in [0.25, 0.3) is 5.91 Å². The van der Waals surface area contributed by atoms with Gasteiger partial charge in [0.15, 0.2) is 0 Å². The Kier molecular flexibility index (Phi) is 4.47. The van der Waals surface area contributed by atoms with Crippen LogP contribution in [-0.4, -0.2) is 21.6 Å². The lowest BCUT2D eigenvalue weighted by atomic mass is 9.95. The fourth-order valence-electron chi connectivity index (χ4n) is 2.91. The van der Waals surface area contributed by atoms with Crippen LogP contribution in [-0.2, 0) is 24.2 Å². The van der Waals surface area contributed by atoms with Crippen LogP contribution in [0.5, 0.6) is 0 Å². The van der Waals surface area contributed by atoms with Crippen molar-refractivity contribution in [1.82, 2.24) is 9.78 Å². The van der Waals surface area contributed by atoms with Crippen molar-refractivity contribution in [3.05, 3.63) is 34.0 Å². The summed E-state index contributed by atoms with van der Waals surface area (Å²) in [4.78, 5) is 25.1. The molecular formula is C16H20N4O2S. The van der Waals surface area contributed by atoms with Crippen LogP contribution in [0.1, 0.15) is 45.8 Å². The van der Waals surface area contributed by atoms with Crippen molar-refractivity contribution in [2.75, 3.05) is 5.32 Å². The fourth-order valence-corrected chi connectivity index (χ4v) is 4.22. The van der Waals surface area contributed by atoms with E-state index in [-0.39, 0.29) is 5.91 Å². The fraction of sp³-hybridized carbons (Fsp3) is 0.438. The van der Waals surface area contributed by atoms with E-state index < -0.39 is 5.91 Å². The molecule has 3 N–H and O–H groups in total. The molecule has 0 radical (unpaired) electrons. The SMILES string of the molecule is Cc1ccn(CCC(=O)Nc2sc3c(c2C(N)=O)CCCC3)n1. The topological polar surface area (TPSA) is 90.0 Å². The monoisotopic (exact) mass is 332 g/mol. The lowest BCUT2D eigenvalue weighted by Crippen LogP contribution is -2.19. The summed E-state index contributed by atoms with van der Waals surface area (Å²) in [5, 5.41) is 7.72. The van der Waals surface area contributed by atoms with E-state index in [9.17, 15) is 9.59 Å². The van der Waals surface area contributed by atoms with E-state index in [4.69, 9.17) is 5.73 Å². The van der Waals surface area contributed by atoms with Crippen LogP contribution in [0.15, 0.2) is 12.3 Å². The number of aryl methyl sites for hydroxylation is 3. The van der Waals surface area contributed by atoms with Crippen LogP contribution in [0, 0.1) is 6.92 Å². The molecule has 2 aromatic rings.